The van der Waals surface area contributed by atoms with Crippen molar-refractivity contribution in [2.45, 2.75) is 24.3 Å². The summed E-state index contributed by atoms with van der Waals surface area (Å²) in [6.45, 7) is 3.67. The predicted octanol–water partition coefficient (Wildman–Crippen LogP) is 4.59. The summed E-state index contributed by atoms with van der Waals surface area (Å²) in [6.07, 6.45) is 0. The number of para-hydroxylation sites is 1. The molecule has 1 unspecified atom stereocenters. The lowest BCUT2D eigenvalue weighted by Gasteiger charge is -2.13. The van der Waals surface area contributed by atoms with E-state index in [0.29, 0.717) is 21.5 Å². The Balaban J connectivity index is 1.53. The molecule has 0 radical (unpaired) electrons. The molecule has 0 bridgehead atoms. The molecule has 136 valence electrons. The minimum absolute atomic E-state index is 0.147. The lowest BCUT2D eigenvalue weighted by molar-refractivity contribution is -0.115. The topological polar surface area (TPSA) is 83.6 Å². The van der Waals surface area contributed by atoms with Gasteiger partial charge in [0, 0.05) is 21.6 Å². The summed E-state index contributed by atoms with van der Waals surface area (Å²) in [5.41, 5.74) is 3.87. The molecule has 0 aliphatic carbocycles. The number of aromatic nitrogens is 4. The average Bonchev–Trinajstić information content (AvgIpc) is 3.03. The van der Waals surface area contributed by atoms with Gasteiger partial charge in [0.2, 0.25) is 11.1 Å². The number of thioether (sulfide) groups is 1. The predicted molar refractivity (Wildman–Crippen MR) is 109 cm³/mol. The number of fused-ring (bicyclic) bond motifs is 3. The number of rotatable bonds is 4. The fraction of sp³-hybridized carbons (Fsp3) is 0.158. The van der Waals surface area contributed by atoms with Crippen LogP contribution < -0.4 is 5.32 Å². The number of amides is 1. The summed E-state index contributed by atoms with van der Waals surface area (Å²) in [7, 11) is 0. The van der Waals surface area contributed by atoms with E-state index in [2.05, 4.69) is 25.5 Å². The number of H-pyrrole nitrogens is 1. The van der Waals surface area contributed by atoms with E-state index >= 15 is 0 Å². The maximum atomic E-state index is 12.5. The van der Waals surface area contributed by atoms with Crippen LogP contribution in [0.15, 0.2) is 47.6 Å². The molecule has 0 aliphatic rings. The number of benzene rings is 2. The van der Waals surface area contributed by atoms with E-state index in [1.165, 1.54) is 11.8 Å². The van der Waals surface area contributed by atoms with Crippen molar-refractivity contribution in [3.05, 3.63) is 53.1 Å². The molecule has 2 aromatic heterocycles. The summed E-state index contributed by atoms with van der Waals surface area (Å²) in [4.78, 5) is 20.3. The Kier molecular flexibility index (Phi) is 4.72. The number of hydrogen-bond acceptors (Lipinski definition) is 5. The molecular weight excluding hydrogens is 382 g/mol. The molecule has 8 heteroatoms. The number of halogens is 1. The van der Waals surface area contributed by atoms with Crippen molar-refractivity contribution in [1.82, 2.24) is 20.2 Å². The molecular formula is C19H16ClN5OS. The van der Waals surface area contributed by atoms with Crippen LogP contribution in [0.1, 0.15) is 12.5 Å². The SMILES string of the molecule is Cc1c(Cl)cccc1NC(=O)C(C)Sc1nnc2c(n1)[nH]c1ccccc12. The molecule has 0 saturated heterocycles. The first-order valence-electron chi connectivity index (χ1n) is 8.36. The number of hydrogen-bond donors (Lipinski definition) is 2. The van der Waals surface area contributed by atoms with Gasteiger partial charge < -0.3 is 10.3 Å². The van der Waals surface area contributed by atoms with Crippen LogP contribution in [0.3, 0.4) is 0 Å². The smallest absolute Gasteiger partial charge is 0.237 e. The second-order valence-corrected chi connectivity index (χ2v) is 7.84. The molecule has 27 heavy (non-hydrogen) atoms. The standard InChI is InChI=1S/C19H16ClN5OS/c1-10-13(20)7-5-9-14(10)22-18(26)11(2)27-19-23-17-16(24-25-19)12-6-3-4-8-15(12)21-17/h3-9,11H,1-2H3,(H,22,26)(H,21,23,25). The second-order valence-electron chi connectivity index (χ2n) is 6.12. The third-order valence-corrected chi connectivity index (χ3v) is 5.64. The normalized spacial score (nSPS) is 12.4. The second kappa shape index (κ2) is 7.17. The van der Waals surface area contributed by atoms with Crippen LogP contribution in [-0.4, -0.2) is 31.3 Å². The highest BCUT2D eigenvalue weighted by atomic mass is 35.5. The zero-order chi connectivity index (χ0) is 19.0. The van der Waals surface area contributed by atoms with Crippen molar-refractivity contribution in [2.75, 3.05) is 5.32 Å². The molecule has 4 rings (SSSR count). The van der Waals surface area contributed by atoms with Gasteiger partial charge in [0.05, 0.1) is 5.25 Å². The van der Waals surface area contributed by atoms with Crippen LogP contribution in [0.2, 0.25) is 5.02 Å². The van der Waals surface area contributed by atoms with Gasteiger partial charge in [-0.1, -0.05) is 47.6 Å². The van der Waals surface area contributed by atoms with Gasteiger partial charge in [0.15, 0.2) is 5.65 Å². The summed E-state index contributed by atoms with van der Waals surface area (Å²) in [6, 6.07) is 13.3. The van der Waals surface area contributed by atoms with Gasteiger partial charge in [0.25, 0.3) is 0 Å². The minimum Gasteiger partial charge on any atom is -0.338 e. The number of aromatic amines is 1. The molecule has 0 saturated carbocycles. The zero-order valence-electron chi connectivity index (χ0n) is 14.7. The monoisotopic (exact) mass is 397 g/mol. The molecule has 2 aromatic carbocycles. The van der Waals surface area contributed by atoms with Gasteiger partial charge in [-0.3, -0.25) is 4.79 Å². The van der Waals surface area contributed by atoms with E-state index in [1.807, 2.05) is 37.3 Å². The number of carbonyl (C=O) groups excluding carboxylic acids is 1. The summed E-state index contributed by atoms with van der Waals surface area (Å²) >= 11 is 7.36. The lowest BCUT2D eigenvalue weighted by Crippen LogP contribution is -2.23. The number of anilines is 1. The summed E-state index contributed by atoms with van der Waals surface area (Å²) < 4.78 is 0. The van der Waals surface area contributed by atoms with Gasteiger partial charge >= 0.3 is 0 Å². The van der Waals surface area contributed by atoms with Crippen molar-refractivity contribution in [3.8, 4) is 0 Å². The lowest BCUT2D eigenvalue weighted by atomic mass is 10.2. The summed E-state index contributed by atoms with van der Waals surface area (Å²) in [5.74, 6) is -0.147. The Morgan fingerprint density at radius 2 is 2.00 bits per heavy atom. The van der Waals surface area contributed by atoms with Gasteiger partial charge in [-0.05, 0) is 37.6 Å². The van der Waals surface area contributed by atoms with Crippen LogP contribution in [0.4, 0.5) is 5.69 Å². The maximum absolute atomic E-state index is 12.5. The van der Waals surface area contributed by atoms with Crippen LogP contribution in [-0.2, 0) is 4.79 Å². The van der Waals surface area contributed by atoms with Crippen molar-refractivity contribution in [1.29, 1.82) is 0 Å². The summed E-state index contributed by atoms with van der Waals surface area (Å²) in [5, 5.41) is 13.0. The first kappa shape index (κ1) is 17.8. The molecule has 0 spiro atoms. The Morgan fingerprint density at radius 1 is 1.19 bits per heavy atom. The molecule has 2 N–H and O–H groups in total. The maximum Gasteiger partial charge on any atom is 0.237 e. The molecule has 2 heterocycles. The van der Waals surface area contributed by atoms with Gasteiger partial charge in [-0.2, -0.15) is 0 Å². The molecule has 0 fully saturated rings. The van der Waals surface area contributed by atoms with E-state index < -0.39 is 5.25 Å². The van der Waals surface area contributed by atoms with Crippen LogP contribution in [0.5, 0.6) is 0 Å². The van der Waals surface area contributed by atoms with E-state index in [4.69, 9.17) is 11.6 Å². The highest BCUT2D eigenvalue weighted by molar-refractivity contribution is 8.00. The Bertz CT molecular complexity index is 1160. The van der Waals surface area contributed by atoms with E-state index in [9.17, 15) is 4.79 Å². The Hall–Kier alpha value is -2.64. The van der Waals surface area contributed by atoms with E-state index in [-0.39, 0.29) is 5.91 Å². The molecule has 0 aliphatic heterocycles. The van der Waals surface area contributed by atoms with Crippen molar-refractivity contribution >= 4 is 57.0 Å². The fourth-order valence-corrected chi connectivity index (χ4v) is 3.63. The minimum atomic E-state index is -0.396. The third kappa shape index (κ3) is 3.48. The average molecular weight is 398 g/mol. The molecule has 4 aromatic rings. The van der Waals surface area contributed by atoms with Crippen LogP contribution in [0, 0.1) is 6.92 Å². The Labute approximate surface area is 164 Å². The van der Waals surface area contributed by atoms with Crippen LogP contribution in [0.25, 0.3) is 22.1 Å². The van der Waals surface area contributed by atoms with Crippen LogP contribution >= 0.6 is 23.4 Å². The van der Waals surface area contributed by atoms with E-state index in [1.54, 1.807) is 19.1 Å². The highest BCUT2D eigenvalue weighted by Gasteiger charge is 2.18. The first-order valence-corrected chi connectivity index (χ1v) is 9.62. The number of nitrogens with zero attached hydrogens (tertiary/aromatic N) is 3. The largest absolute Gasteiger partial charge is 0.338 e. The Morgan fingerprint density at radius 3 is 2.85 bits per heavy atom. The molecule has 6 nitrogen and oxygen atoms in total. The zero-order valence-corrected chi connectivity index (χ0v) is 16.2. The number of nitrogens with one attached hydrogen (secondary N) is 2. The van der Waals surface area contributed by atoms with Crippen molar-refractivity contribution in [2.24, 2.45) is 0 Å². The van der Waals surface area contributed by atoms with Gasteiger partial charge in [-0.25, -0.2) is 4.98 Å². The quantitative estimate of drug-likeness (QED) is 0.492. The highest BCUT2D eigenvalue weighted by Crippen LogP contribution is 2.27. The molecule has 1 atom stereocenters. The molecule has 1 amide bonds. The van der Waals surface area contributed by atoms with Gasteiger partial charge in [0.1, 0.15) is 5.52 Å². The first-order chi connectivity index (χ1) is 13.0. The van der Waals surface area contributed by atoms with Crippen molar-refractivity contribution in [3.63, 3.8) is 0 Å². The van der Waals surface area contributed by atoms with Crippen molar-refractivity contribution < 1.29 is 4.79 Å². The van der Waals surface area contributed by atoms with Gasteiger partial charge in [-0.15, -0.1) is 10.2 Å². The third-order valence-electron chi connectivity index (χ3n) is 4.28. The number of carbonyl (C=O) groups is 1. The van der Waals surface area contributed by atoms with E-state index in [0.717, 1.165) is 22.0 Å². The fourth-order valence-electron chi connectivity index (χ4n) is 2.74.